The van der Waals surface area contributed by atoms with Gasteiger partial charge in [-0.2, -0.15) is 18.2 Å². The van der Waals surface area contributed by atoms with Crippen LogP contribution in [0.2, 0.25) is 5.02 Å². The lowest BCUT2D eigenvalue weighted by molar-refractivity contribution is -0.137. The Morgan fingerprint density at radius 2 is 1.60 bits per heavy atom. The Kier molecular flexibility index (Phi) is 6.07. The van der Waals surface area contributed by atoms with Gasteiger partial charge in [0.1, 0.15) is 22.7 Å². The largest absolute Gasteiger partial charge is 0.488 e. The van der Waals surface area contributed by atoms with Crippen LogP contribution in [-0.4, -0.2) is 15.6 Å². The van der Waals surface area contributed by atoms with E-state index in [1.165, 1.54) is 0 Å². The van der Waals surface area contributed by atoms with Gasteiger partial charge in [-0.1, -0.05) is 23.7 Å². The maximum Gasteiger partial charge on any atom is 0.421 e. The third-order valence-electron chi connectivity index (χ3n) is 3.76. The summed E-state index contributed by atoms with van der Waals surface area (Å²) in [5.41, 5.74) is -0.440. The minimum atomic E-state index is -4.63. The van der Waals surface area contributed by atoms with Gasteiger partial charge in [-0.05, 0) is 57.2 Å². The lowest BCUT2D eigenvalue weighted by atomic mass is 10.2. The number of anilines is 4. The minimum Gasteiger partial charge on any atom is -0.488 e. The summed E-state index contributed by atoms with van der Waals surface area (Å²) in [4.78, 5) is 7.81. The van der Waals surface area contributed by atoms with Crippen LogP contribution in [0.5, 0.6) is 5.75 Å². The zero-order chi connectivity index (χ0) is 21.9. The normalized spacial score (nSPS) is 11.8. The zero-order valence-corrected chi connectivity index (χ0v) is 17.3. The molecule has 0 bridgehead atoms. The van der Waals surface area contributed by atoms with E-state index in [1.54, 1.807) is 48.5 Å². The number of benzene rings is 2. The van der Waals surface area contributed by atoms with E-state index in [1.807, 2.05) is 20.8 Å². The lowest BCUT2D eigenvalue weighted by Crippen LogP contribution is -2.22. The summed E-state index contributed by atoms with van der Waals surface area (Å²) in [6.07, 6.45) is -3.90. The van der Waals surface area contributed by atoms with E-state index in [0.29, 0.717) is 17.1 Å². The molecule has 0 amide bonds. The Bertz CT molecular complexity index is 1020. The Labute approximate surface area is 177 Å². The number of alkyl halides is 3. The molecule has 0 radical (unpaired) electrons. The van der Waals surface area contributed by atoms with Crippen molar-refractivity contribution in [2.45, 2.75) is 32.5 Å². The Balaban J connectivity index is 1.86. The van der Waals surface area contributed by atoms with Crippen molar-refractivity contribution in [3.63, 3.8) is 0 Å². The van der Waals surface area contributed by atoms with Crippen molar-refractivity contribution in [1.29, 1.82) is 0 Å². The van der Waals surface area contributed by atoms with Gasteiger partial charge in [0.2, 0.25) is 5.95 Å². The number of rotatable bonds is 5. The number of para-hydroxylation sites is 1. The molecule has 0 saturated heterocycles. The van der Waals surface area contributed by atoms with Crippen LogP contribution in [0.25, 0.3) is 0 Å². The Morgan fingerprint density at radius 3 is 2.20 bits per heavy atom. The molecule has 30 heavy (non-hydrogen) atoms. The summed E-state index contributed by atoms with van der Waals surface area (Å²) in [5, 5.41) is 5.81. The number of hydrogen-bond acceptors (Lipinski definition) is 5. The van der Waals surface area contributed by atoms with Gasteiger partial charge in [0.05, 0.1) is 10.7 Å². The molecule has 2 N–H and O–H groups in total. The Hall–Kier alpha value is -3.00. The van der Waals surface area contributed by atoms with E-state index in [9.17, 15) is 13.2 Å². The molecule has 0 saturated carbocycles. The van der Waals surface area contributed by atoms with E-state index in [0.717, 1.165) is 6.20 Å². The molecule has 3 rings (SSSR count). The van der Waals surface area contributed by atoms with Crippen molar-refractivity contribution in [2.24, 2.45) is 0 Å². The van der Waals surface area contributed by atoms with Crippen LogP contribution >= 0.6 is 11.6 Å². The fourth-order valence-electron chi connectivity index (χ4n) is 2.52. The van der Waals surface area contributed by atoms with Crippen molar-refractivity contribution >= 4 is 34.7 Å². The molecule has 0 aliphatic rings. The first-order chi connectivity index (χ1) is 14.0. The summed E-state index contributed by atoms with van der Waals surface area (Å²) < 4.78 is 46.0. The molecule has 9 heteroatoms. The zero-order valence-electron chi connectivity index (χ0n) is 16.5. The topological polar surface area (TPSA) is 59.1 Å². The van der Waals surface area contributed by atoms with Crippen molar-refractivity contribution in [1.82, 2.24) is 9.97 Å². The highest BCUT2D eigenvalue weighted by molar-refractivity contribution is 6.33. The molecule has 0 spiro atoms. The monoisotopic (exact) mass is 436 g/mol. The van der Waals surface area contributed by atoms with Crippen LogP contribution < -0.4 is 15.4 Å². The Morgan fingerprint density at radius 1 is 0.933 bits per heavy atom. The van der Waals surface area contributed by atoms with Crippen molar-refractivity contribution < 1.29 is 17.9 Å². The van der Waals surface area contributed by atoms with Gasteiger partial charge < -0.3 is 15.4 Å². The van der Waals surface area contributed by atoms with Gasteiger partial charge in [0.15, 0.2) is 0 Å². The first kappa shape index (κ1) is 21.7. The average molecular weight is 437 g/mol. The first-order valence-electron chi connectivity index (χ1n) is 9.03. The molecule has 0 atom stereocenters. The molecule has 0 unspecified atom stereocenters. The van der Waals surface area contributed by atoms with E-state index < -0.39 is 17.6 Å². The highest BCUT2D eigenvalue weighted by Gasteiger charge is 2.35. The summed E-state index contributed by atoms with van der Waals surface area (Å²) in [6.45, 7) is 5.80. The van der Waals surface area contributed by atoms with Crippen molar-refractivity contribution in [3.8, 4) is 5.75 Å². The van der Waals surface area contributed by atoms with Crippen LogP contribution in [0, 0.1) is 0 Å². The summed E-state index contributed by atoms with van der Waals surface area (Å²) in [5.74, 6) is 0.269. The number of nitrogens with one attached hydrogen (secondary N) is 2. The van der Waals surface area contributed by atoms with Crippen molar-refractivity contribution in [2.75, 3.05) is 10.6 Å². The molecule has 0 aliphatic carbocycles. The third-order valence-corrected chi connectivity index (χ3v) is 4.09. The maximum atomic E-state index is 13.4. The van der Waals surface area contributed by atoms with Gasteiger partial charge in [-0.3, -0.25) is 0 Å². The standard InChI is InChI=1S/C21H20ClF3N4O/c1-20(2,3)30-14-10-8-13(9-11-14)27-19-26-12-15(21(23,24)25)18(29-19)28-17-7-5-4-6-16(17)22/h4-12H,1-3H3,(H2,26,27,28,29). The predicted octanol–water partition coefficient (Wildman–Crippen LogP) is 6.81. The fraction of sp³-hybridized carbons (Fsp3) is 0.238. The highest BCUT2D eigenvalue weighted by Crippen LogP contribution is 2.36. The molecule has 0 aliphatic heterocycles. The van der Waals surface area contributed by atoms with E-state index in [4.69, 9.17) is 16.3 Å². The number of halogens is 4. The van der Waals surface area contributed by atoms with Crippen LogP contribution in [0.1, 0.15) is 26.3 Å². The molecule has 3 aromatic rings. The van der Waals surface area contributed by atoms with Crippen LogP contribution in [-0.2, 0) is 6.18 Å². The number of hydrogen-bond donors (Lipinski definition) is 2. The minimum absolute atomic E-state index is 0.00189. The van der Waals surface area contributed by atoms with Gasteiger partial charge in [0.25, 0.3) is 0 Å². The van der Waals surface area contributed by atoms with Crippen LogP contribution in [0.4, 0.5) is 36.3 Å². The number of ether oxygens (including phenoxy) is 1. The second-order valence-corrected chi connectivity index (χ2v) is 7.83. The maximum absolute atomic E-state index is 13.4. The molecule has 0 fully saturated rings. The highest BCUT2D eigenvalue weighted by atomic mass is 35.5. The van der Waals surface area contributed by atoms with E-state index >= 15 is 0 Å². The number of aromatic nitrogens is 2. The second-order valence-electron chi connectivity index (χ2n) is 7.42. The quantitative estimate of drug-likeness (QED) is 0.460. The van der Waals surface area contributed by atoms with Gasteiger partial charge in [0, 0.05) is 11.9 Å². The molecular weight excluding hydrogens is 417 g/mol. The second kappa shape index (κ2) is 8.39. The smallest absolute Gasteiger partial charge is 0.421 e. The average Bonchev–Trinajstić information content (AvgIpc) is 2.63. The van der Waals surface area contributed by atoms with Gasteiger partial charge in [-0.25, -0.2) is 4.98 Å². The van der Waals surface area contributed by atoms with E-state index in [2.05, 4.69) is 20.6 Å². The first-order valence-corrected chi connectivity index (χ1v) is 9.41. The van der Waals surface area contributed by atoms with E-state index in [-0.39, 0.29) is 16.6 Å². The predicted molar refractivity (Wildman–Crippen MR) is 112 cm³/mol. The van der Waals surface area contributed by atoms with Gasteiger partial charge >= 0.3 is 6.18 Å². The number of nitrogens with zero attached hydrogens (tertiary/aromatic N) is 2. The van der Waals surface area contributed by atoms with Crippen LogP contribution in [0.3, 0.4) is 0 Å². The molecule has 158 valence electrons. The van der Waals surface area contributed by atoms with Gasteiger partial charge in [-0.15, -0.1) is 0 Å². The molecule has 2 aromatic carbocycles. The molecule has 5 nitrogen and oxygen atoms in total. The molecule has 1 heterocycles. The summed E-state index contributed by atoms with van der Waals surface area (Å²) in [6, 6.07) is 13.4. The lowest BCUT2D eigenvalue weighted by Gasteiger charge is -2.21. The summed E-state index contributed by atoms with van der Waals surface area (Å²) in [7, 11) is 0. The van der Waals surface area contributed by atoms with Crippen LogP contribution in [0.15, 0.2) is 54.7 Å². The molecule has 1 aromatic heterocycles. The van der Waals surface area contributed by atoms with Crippen molar-refractivity contribution in [3.05, 3.63) is 65.3 Å². The fourth-order valence-corrected chi connectivity index (χ4v) is 2.71. The molecular formula is C21H20ClF3N4O. The third kappa shape index (κ3) is 5.76. The summed E-state index contributed by atoms with van der Waals surface area (Å²) >= 11 is 6.06. The SMILES string of the molecule is CC(C)(C)Oc1ccc(Nc2ncc(C(F)(F)F)c(Nc3ccccc3Cl)n2)cc1.